The van der Waals surface area contributed by atoms with Crippen molar-refractivity contribution in [1.82, 2.24) is 10.2 Å². The number of rotatable bonds is 12. The van der Waals surface area contributed by atoms with Crippen LogP contribution in [-0.2, 0) is 16.1 Å². The van der Waals surface area contributed by atoms with Crippen LogP contribution >= 0.6 is 0 Å². The molecule has 2 rings (SSSR count). The van der Waals surface area contributed by atoms with Crippen LogP contribution in [0.2, 0.25) is 0 Å². The first-order valence-electron chi connectivity index (χ1n) is 10.5. The maximum Gasteiger partial charge on any atom is 0.242 e. The molecule has 0 aromatic heterocycles. The number of benzene rings is 2. The van der Waals surface area contributed by atoms with Crippen molar-refractivity contribution in [2.75, 3.05) is 27.4 Å². The van der Waals surface area contributed by atoms with Crippen molar-refractivity contribution < 1.29 is 23.8 Å². The number of nitrogens with zero attached hydrogens (tertiary/aromatic N) is 1. The zero-order chi connectivity index (χ0) is 22.6. The van der Waals surface area contributed by atoms with Gasteiger partial charge in [0.05, 0.1) is 20.8 Å². The fourth-order valence-electron chi connectivity index (χ4n) is 3.10. The lowest BCUT2D eigenvalue weighted by atomic mass is 10.1. The Balaban J connectivity index is 1.98. The fourth-order valence-corrected chi connectivity index (χ4v) is 3.10. The molecule has 0 aliphatic carbocycles. The summed E-state index contributed by atoms with van der Waals surface area (Å²) in [6, 6.07) is 14.2. The molecular weight excluding hydrogens is 396 g/mol. The molecule has 2 aromatic carbocycles. The second kappa shape index (κ2) is 12.5. The van der Waals surface area contributed by atoms with Crippen LogP contribution in [0.15, 0.2) is 48.5 Å². The summed E-state index contributed by atoms with van der Waals surface area (Å²) in [7, 11) is 3.21. The van der Waals surface area contributed by atoms with Crippen molar-refractivity contribution in [3.8, 4) is 17.2 Å². The van der Waals surface area contributed by atoms with Crippen molar-refractivity contribution in [2.24, 2.45) is 0 Å². The van der Waals surface area contributed by atoms with Gasteiger partial charge in [-0.05, 0) is 62.2 Å². The summed E-state index contributed by atoms with van der Waals surface area (Å²) in [6.45, 7) is 4.85. The van der Waals surface area contributed by atoms with Crippen LogP contribution in [0, 0.1) is 0 Å². The molecule has 0 heterocycles. The molecule has 168 valence electrons. The topological polar surface area (TPSA) is 77.1 Å². The maximum atomic E-state index is 13.0. The second-order valence-electron chi connectivity index (χ2n) is 7.07. The lowest BCUT2D eigenvalue weighted by Crippen LogP contribution is -2.47. The van der Waals surface area contributed by atoms with E-state index < -0.39 is 6.04 Å². The van der Waals surface area contributed by atoms with Crippen molar-refractivity contribution in [1.29, 1.82) is 0 Å². The molecule has 0 saturated heterocycles. The van der Waals surface area contributed by atoms with Gasteiger partial charge < -0.3 is 24.4 Å². The standard InChI is InChI=1S/C24H32N2O5/c1-5-25-24(28)18(2)26(17-19-8-6-9-22(16-19)30-4)23(27)10-7-15-31-21-13-11-20(29-3)12-14-21/h6,8-9,11-14,16,18H,5,7,10,15,17H2,1-4H3,(H,25,28). The van der Waals surface area contributed by atoms with Crippen LogP contribution in [0.3, 0.4) is 0 Å². The highest BCUT2D eigenvalue weighted by Gasteiger charge is 2.25. The summed E-state index contributed by atoms with van der Waals surface area (Å²) in [6.07, 6.45) is 0.825. The van der Waals surface area contributed by atoms with Gasteiger partial charge in [0.1, 0.15) is 23.3 Å². The number of hydrogen-bond donors (Lipinski definition) is 1. The Bertz CT molecular complexity index is 838. The number of carbonyl (C=O) groups is 2. The Morgan fingerprint density at radius 3 is 2.32 bits per heavy atom. The van der Waals surface area contributed by atoms with Crippen LogP contribution in [0.4, 0.5) is 0 Å². The first kappa shape index (κ1) is 24.1. The molecule has 1 N–H and O–H groups in total. The molecule has 0 spiro atoms. The van der Waals surface area contributed by atoms with E-state index in [-0.39, 0.29) is 18.2 Å². The van der Waals surface area contributed by atoms with E-state index in [4.69, 9.17) is 14.2 Å². The average Bonchev–Trinajstić information content (AvgIpc) is 2.80. The highest BCUT2D eigenvalue weighted by atomic mass is 16.5. The molecule has 0 radical (unpaired) electrons. The minimum atomic E-state index is -0.582. The van der Waals surface area contributed by atoms with Crippen LogP contribution in [0.1, 0.15) is 32.3 Å². The minimum absolute atomic E-state index is 0.0973. The number of methoxy groups -OCH3 is 2. The SMILES string of the molecule is CCNC(=O)C(C)N(Cc1cccc(OC)c1)C(=O)CCCOc1ccc(OC)cc1. The van der Waals surface area contributed by atoms with E-state index >= 15 is 0 Å². The number of ether oxygens (including phenoxy) is 3. The summed E-state index contributed by atoms with van der Waals surface area (Å²) < 4.78 is 16.1. The third-order valence-corrected chi connectivity index (χ3v) is 4.87. The Morgan fingerprint density at radius 1 is 1.00 bits per heavy atom. The quantitative estimate of drug-likeness (QED) is 0.524. The molecule has 1 atom stereocenters. The third-order valence-electron chi connectivity index (χ3n) is 4.87. The predicted molar refractivity (Wildman–Crippen MR) is 119 cm³/mol. The predicted octanol–water partition coefficient (Wildman–Crippen LogP) is 3.42. The van der Waals surface area contributed by atoms with Gasteiger partial charge in [-0.1, -0.05) is 12.1 Å². The molecule has 7 nitrogen and oxygen atoms in total. The van der Waals surface area contributed by atoms with Crippen molar-refractivity contribution in [3.05, 3.63) is 54.1 Å². The number of hydrogen-bond acceptors (Lipinski definition) is 5. The van der Waals surface area contributed by atoms with Gasteiger partial charge in [0.15, 0.2) is 0 Å². The Labute approximate surface area is 184 Å². The van der Waals surface area contributed by atoms with E-state index in [9.17, 15) is 9.59 Å². The number of likely N-dealkylation sites (N-methyl/N-ethyl adjacent to an activating group) is 1. The molecule has 0 aliphatic rings. The largest absolute Gasteiger partial charge is 0.497 e. The van der Waals surface area contributed by atoms with Gasteiger partial charge >= 0.3 is 0 Å². The monoisotopic (exact) mass is 428 g/mol. The lowest BCUT2D eigenvalue weighted by molar-refractivity contribution is -0.140. The maximum absolute atomic E-state index is 13.0. The molecule has 0 bridgehead atoms. The molecule has 0 fully saturated rings. The Morgan fingerprint density at radius 2 is 1.68 bits per heavy atom. The van der Waals surface area contributed by atoms with Crippen molar-refractivity contribution in [2.45, 2.75) is 39.3 Å². The van der Waals surface area contributed by atoms with Crippen LogP contribution < -0.4 is 19.5 Å². The van der Waals surface area contributed by atoms with Gasteiger partial charge in [-0.25, -0.2) is 0 Å². The molecule has 31 heavy (non-hydrogen) atoms. The van der Waals surface area contributed by atoms with E-state index in [0.29, 0.717) is 31.9 Å². The average molecular weight is 429 g/mol. The van der Waals surface area contributed by atoms with E-state index in [2.05, 4.69) is 5.32 Å². The van der Waals surface area contributed by atoms with Gasteiger partial charge in [-0.3, -0.25) is 9.59 Å². The van der Waals surface area contributed by atoms with E-state index in [1.165, 1.54) is 0 Å². The summed E-state index contributed by atoms with van der Waals surface area (Å²) in [5.74, 6) is 1.92. The smallest absolute Gasteiger partial charge is 0.242 e. The summed E-state index contributed by atoms with van der Waals surface area (Å²) >= 11 is 0. The molecule has 2 aromatic rings. The normalized spacial score (nSPS) is 11.4. The Hall–Kier alpha value is -3.22. The fraction of sp³-hybridized carbons (Fsp3) is 0.417. The zero-order valence-electron chi connectivity index (χ0n) is 18.7. The number of nitrogens with one attached hydrogen (secondary N) is 1. The summed E-state index contributed by atoms with van der Waals surface area (Å²) in [5, 5.41) is 2.79. The molecule has 0 saturated carbocycles. The molecular formula is C24H32N2O5. The zero-order valence-corrected chi connectivity index (χ0v) is 18.7. The van der Waals surface area contributed by atoms with E-state index in [1.54, 1.807) is 26.0 Å². The molecule has 7 heteroatoms. The van der Waals surface area contributed by atoms with Gasteiger partial charge in [0.25, 0.3) is 0 Å². The molecule has 2 amide bonds. The van der Waals surface area contributed by atoms with Gasteiger partial charge in [0, 0.05) is 19.5 Å². The van der Waals surface area contributed by atoms with Crippen LogP contribution in [0.25, 0.3) is 0 Å². The first-order valence-corrected chi connectivity index (χ1v) is 10.5. The van der Waals surface area contributed by atoms with Crippen molar-refractivity contribution in [3.63, 3.8) is 0 Å². The minimum Gasteiger partial charge on any atom is -0.497 e. The highest BCUT2D eigenvalue weighted by molar-refractivity contribution is 5.87. The highest BCUT2D eigenvalue weighted by Crippen LogP contribution is 2.19. The summed E-state index contributed by atoms with van der Waals surface area (Å²) in [4.78, 5) is 27.0. The van der Waals surface area contributed by atoms with E-state index in [1.807, 2.05) is 55.5 Å². The second-order valence-corrected chi connectivity index (χ2v) is 7.07. The van der Waals surface area contributed by atoms with Gasteiger partial charge in [-0.15, -0.1) is 0 Å². The molecule has 1 unspecified atom stereocenters. The Kier molecular flexibility index (Phi) is 9.68. The first-order chi connectivity index (χ1) is 15.0. The van der Waals surface area contributed by atoms with Crippen LogP contribution in [0.5, 0.6) is 17.2 Å². The van der Waals surface area contributed by atoms with E-state index in [0.717, 1.165) is 17.1 Å². The molecule has 0 aliphatic heterocycles. The van der Waals surface area contributed by atoms with Gasteiger partial charge in [-0.2, -0.15) is 0 Å². The van der Waals surface area contributed by atoms with Gasteiger partial charge in [0.2, 0.25) is 11.8 Å². The van der Waals surface area contributed by atoms with Crippen LogP contribution in [-0.4, -0.2) is 50.1 Å². The summed E-state index contributed by atoms with van der Waals surface area (Å²) in [5.41, 5.74) is 0.901. The lowest BCUT2D eigenvalue weighted by Gasteiger charge is -2.29. The number of carbonyl (C=O) groups excluding carboxylic acids is 2. The third kappa shape index (κ3) is 7.51. The van der Waals surface area contributed by atoms with Crippen molar-refractivity contribution >= 4 is 11.8 Å². The number of amides is 2.